The van der Waals surface area contributed by atoms with E-state index < -0.39 is 10.0 Å². The van der Waals surface area contributed by atoms with Crippen LogP contribution in [0.1, 0.15) is 12.2 Å². The first-order valence-electron chi connectivity index (χ1n) is 6.75. The van der Waals surface area contributed by atoms with Crippen LogP contribution in [0.5, 0.6) is 0 Å². The second kappa shape index (κ2) is 7.53. The molecular formula is C14H17ClN4O2S. The second-order valence-electron chi connectivity index (χ2n) is 4.65. The molecule has 1 heterocycles. The Morgan fingerprint density at radius 1 is 1.32 bits per heavy atom. The van der Waals surface area contributed by atoms with Crippen molar-refractivity contribution in [3.8, 4) is 11.4 Å². The number of rotatable bonds is 8. The quantitative estimate of drug-likeness (QED) is 0.721. The SMILES string of the molecule is C=CCCS(=O)(=O)NCCc1nc(-c2ccc(Cl)cc2)n[nH]1. The van der Waals surface area contributed by atoms with Gasteiger partial charge in [-0.05, 0) is 30.7 Å². The number of benzene rings is 1. The molecule has 2 rings (SSSR count). The molecule has 0 radical (unpaired) electrons. The van der Waals surface area contributed by atoms with Crippen LogP contribution in [0.3, 0.4) is 0 Å². The number of allylic oxidation sites excluding steroid dienone is 1. The number of H-pyrrole nitrogens is 1. The van der Waals surface area contributed by atoms with Crippen molar-refractivity contribution in [2.75, 3.05) is 12.3 Å². The van der Waals surface area contributed by atoms with Crippen molar-refractivity contribution in [3.63, 3.8) is 0 Å². The van der Waals surface area contributed by atoms with Crippen LogP contribution in [0, 0.1) is 0 Å². The van der Waals surface area contributed by atoms with Gasteiger partial charge in [-0.1, -0.05) is 17.7 Å². The average molecular weight is 341 g/mol. The number of aromatic amines is 1. The molecule has 0 spiro atoms. The third-order valence-electron chi connectivity index (χ3n) is 2.91. The van der Waals surface area contributed by atoms with Gasteiger partial charge < -0.3 is 0 Å². The molecule has 1 aromatic carbocycles. The lowest BCUT2D eigenvalue weighted by atomic mass is 10.2. The molecule has 0 unspecified atom stereocenters. The highest BCUT2D eigenvalue weighted by atomic mass is 35.5. The van der Waals surface area contributed by atoms with E-state index in [1.807, 2.05) is 12.1 Å². The molecular weight excluding hydrogens is 324 g/mol. The number of sulfonamides is 1. The van der Waals surface area contributed by atoms with E-state index in [4.69, 9.17) is 11.6 Å². The Hall–Kier alpha value is -1.70. The summed E-state index contributed by atoms with van der Waals surface area (Å²) in [6, 6.07) is 7.18. The average Bonchev–Trinajstić information content (AvgIpc) is 2.94. The predicted octanol–water partition coefficient (Wildman–Crippen LogP) is 2.16. The minimum Gasteiger partial charge on any atom is -0.263 e. The Balaban J connectivity index is 1.90. The number of aromatic nitrogens is 3. The highest BCUT2D eigenvalue weighted by Crippen LogP contribution is 2.17. The van der Waals surface area contributed by atoms with Gasteiger partial charge in [0.2, 0.25) is 10.0 Å². The third kappa shape index (κ3) is 4.94. The predicted molar refractivity (Wildman–Crippen MR) is 87.1 cm³/mol. The fourth-order valence-corrected chi connectivity index (χ4v) is 2.93. The molecule has 118 valence electrons. The van der Waals surface area contributed by atoms with Crippen LogP contribution in [0.4, 0.5) is 0 Å². The Morgan fingerprint density at radius 3 is 2.73 bits per heavy atom. The molecule has 0 aliphatic rings. The van der Waals surface area contributed by atoms with Gasteiger partial charge in [-0.3, -0.25) is 5.10 Å². The van der Waals surface area contributed by atoms with Crippen molar-refractivity contribution in [1.29, 1.82) is 0 Å². The summed E-state index contributed by atoms with van der Waals surface area (Å²) in [5.41, 5.74) is 0.846. The summed E-state index contributed by atoms with van der Waals surface area (Å²) < 4.78 is 25.8. The normalized spacial score (nSPS) is 11.5. The third-order valence-corrected chi connectivity index (χ3v) is 4.58. The standard InChI is InChI=1S/C14H17ClN4O2S/c1-2-3-10-22(20,21)16-9-8-13-17-14(19-18-13)11-4-6-12(15)7-5-11/h2,4-7,16H,1,3,8-10H2,(H,17,18,19). The number of hydrogen-bond donors (Lipinski definition) is 2. The van der Waals surface area contributed by atoms with Gasteiger partial charge in [0.15, 0.2) is 5.82 Å². The first-order chi connectivity index (χ1) is 10.5. The van der Waals surface area contributed by atoms with Crippen LogP contribution in [0.25, 0.3) is 11.4 Å². The zero-order chi connectivity index (χ0) is 16.0. The summed E-state index contributed by atoms with van der Waals surface area (Å²) in [4.78, 5) is 4.33. The first kappa shape index (κ1) is 16.7. The summed E-state index contributed by atoms with van der Waals surface area (Å²) >= 11 is 5.83. The number of nitrogens with zero attached hydrogens (tertiary/aromatic N) is 2. The van der Waals surface area contributed by atoms with Gasteiger partial charge >= 0.3 is 0 Å². The van der Waals surface area contributed by atoms with Gasteiger partial charge in [0, 0.05) is 23.6 Å². The molecule has 1 aromatic heterocycles. The minimum absolute atomic E-state index is 0.0446. The number of hydrogen-bond acceptors (Lipinski definition) is 4. The van der Waals surface area contributed by atoms with Crippen molar-refractivity contribution in [1.82, 2.24) is 19.9 Å². The van der Waals surface area contributed by atoms with Crippen LogP contribution in [-0.4, -0.2) is 35.9 Å². The van der Waals surface area contributed by atoms with Gasteiger partial charge in [-0.2, -0.15) is 5.10 Å². The monoisotopic (exact) mass is 340 g/mol. The van der Waals surface area contributed by atoms with Crippen molar-refractivity contribution < 1.29 is 8.42 Å². The van der Waals surface area contributed by atoms with E-state index in [2.05, 4.69) is 26.5 Å². The fourth-order valence-electron chi connectivity index (χ4n) is 1.77. The largest absolute Gasteiger partial charge is 0.263 e. The maximum Gasteiger partial charge on any atom is 0.211 e. The summed E-state index contributed by atoms with van der Waals surface area (Å²) in [7, 11) is -3.26. The van der Waals surface area contributed by atoms with Crippen molar-refractivity contribution in [2.45, 2.75) is 12.8 Å². The lowest BCUT2D eigenvalue weighted by Crippen LogP contribution is -2.28. The molecule has 8 heteroatoms. The zero-order valence-electron chi connectivity index (χ0n) is 11.9. The number of nitrogens with one attached hydrogen (secondary N) is 2. The second-order valence-corrected chi connectivity index (χ2v) is 7.02. The lowest BCUT2D eigenvalue weighted by Gasteiger charge is -2.03. The van der Waals surface area contributed by atoms with Gasteiger partial charge in [-0.25, -0.2) is 18.1 Å². The Morgan fingerprint density at radius 2 is 2.05 bits per heavy atom. The molecule has 6 nitrogen and oxygen atoms in total. The van der Waals surface area contributed by atoms with Gasteiger partial charge in [0.25, 0.3) is 0 Å². The van der Waals surface area contributed by atoms with E-state index in [1.54, 1.807) is 18.2 Å². The lowest BCUT2D eigenvalue weighted by molar-refractivity contribution is 0.580. The van der Waals surface area contributed by atoms with Gasteiger partial charge in [0.05, 0.1) is 5.75 Å². The Kier molecular flexibility index (Phi) is 5.70. The van der Waals surface area contributed by atoms with Crippen LogP contribution in [-0.2, 0) is 16.4 Å². The molecule has 22 heavy (non-hydrogen) atoms. The van der Waals surface area contributed by atoms with Crippen molar-refractivity contribution in [2.24, 2.45) is 0 Å². The minimum atomic E-state index is -3.26. The van der Waals surface area contributed by atoms with Crippen molar-refractivity contribution >= 4 is 21.6 Å². The van der Waals surface area contributed by atoms with Crippen molar-refractivity contribution in [3.05, 3.63) is 47.8 Å². The summed E-state index contributed by atoms with van der Waals surface area (Å²) in [6.07, 6.45) is 2.44. The van der Waals surface area contributed by atoms with Gasteiger partial charge in [0.1, 0.15) is 5.82 Å². The fraction of sp³-hybridized carbons (Fsp3) is 0.286. The van der Waals surface area contributed by atoms with E-state index in [1.165, 1.54) is 0 Å². The smallest absolute Gasteiger partial charge is 0.211 e. The van der Waals surface area contributed by atoms with Gasteiger partial charge in [-0.15, -0.1) is 6.58 Å². The van der Waals surface area contributed by atoms with E-state index in [9.17, 15) is 8.42 Å². The molecule has 0 saturated carbocycles. The van der Waals surface area contributed by atoms with E-state index in [-0.39, 0.29) is 12.3 Å². The highest BCUT2D eigenvalue weighted by Gasteiger charge is 2.10. The molecule has 2 N–H and O–H groups in total. The summed E-state index contributed by atoms with van der Waals surface area (Å²) in [5.74, 6) is 1.22. The van der Waals surface area contributed by atoms with Crippen LogP contribution in [0.15, 0.2) is 36.9 Å². The topological polar surface area (TPSA) is 87.7 Å². The summed E-state index contributed by atoms with van der Waals surface area (Å²) in [6.45, 7) is 3.78. The van der Waals surface area contributed by atoms with E-state index in [0.29, 0.717) is 29.5 Å². The Bertz CT molecular complexity index is 726. The maximum absolute atomic E-state index is 11.6. The molecule has 0 saturated heterocycles. The van der Waals surface area contributed by atoms with E-state index in [0.717, 1.165) is 5.56 Å². The summed E-state index contributed by atoms with van der Waals surface area (Å²) in [5, 5.41) is 7.56. The first-order valence-corrected chi connectivity index (χ1v) is 8.78. The molecule has 0 amide bonds. The van der Waals surface area contributed by atoms with E-state index >= 15 is 0 Å². The number of halogens is 1. The molecule has 0 fully saturated rings. The van der Waals surface area contributed by atoms with Crippen LogP contribution >= 0.6 is 11.6 Å². The van der Waals surface area contributed by atoms with Crippen LogP contribution < -0.4 is 4.72 Å². The zero-order valence-corrected chi connectivity index (χ0v) is 13.5. The molecule has 0 aliphatic carbocycles. The Labute approximate surface area is 134 Å². The molecule has 0 aliphatic heterocycles. The molecule has 0 atom stereocenters. The highest BCUT2D eigenvalue weighted by molar-refractivity contribution is 7.89. The molecule has 2 aromatic rings. The maximum atomic E-state index is 11.6. The molecule has 0 bridgehead atoms. The van der Waals surface area contributed by atoms with Crippen LogP contribution in [0.2, 0.25) is 5.02 Å².